The molecule has 0 aliphatic heterocycles. The molecule has 21 heavy (non-hydrogen) atoms. The van der Waals surface area contributed by atoms with Gasteiger partial charge in [0.15, 0.2) is 0 Å². The predicted octanol–water partition coefficient (Wildman–Crippen LogP) is 2.31. The van der Waals surface area contributed by atoms with Crippen LogP contribution >= 0.6 is 0 Å². The molecule has 0 saturated carbocycles. The number of nitrogen functional groups attached to an aromatic ring is 1. The van der Waals surface area contributed by atoms with E-state index in [1.165, 1.54) is 0 Å². The predicted molar refractivity (Wildman–Crippen MR) is 80.2 cm³/mol. The molecule has 2 aromatic heterocycles. The third kappa shape index (κ3) is 2.84. The molecule has 0 atom stereocenters. The van der Waals surface area contributed by atoms with Crippen molar-refractivity contribution >= 4 is 5.69 Å². The molecule has 6 heteroatoms. The monoisotopic (exact) mass is 281 g/mol. The van der Waals surface area contributed by atoms with E-state index >= 15 is 0 Å². The lowest BCUT2D eigenvalue weighted by Gasteiger charge is -2.03. The van der Waals surface area contributed by atoms with Crippen LogP contribution in [0.25, 0.3) is 17.1 Å². The minimum absolute atomic E-state index is 0.469. The van der Waals surface area contributed by atoms with E-state index in [-0.39, 0.29) is 0 Å². The second-order valence-corrected chi connectivity index (χ2v) is 4.43. The van der Waals surface area contributed by atoms with Crippen molar-refractivity contribution in [2.45, 2.75) is 6.92 Å². The molecule has 0 saturated heterocycles. The van der Waals surface area contributed by atoms with Crippen molar-refractivity contribution in [2.75, 3.05) is 12.3 Å². The van der Waals surface area contributed by atoms with E-state index in [1.54, 1.807) is 23.1 Å². The molecule has 0 spiro atoms. The number of anilines is 1. The molecule has 0 aliphatic carbocycles. The average Bonchev–Trinajstić information content (AvgIpc) is 2.98. The SMILES string of the molecule is CCOc1ccnc(-n2cc(-c3cccc(N)c3)cn2)n1. The molecular formula is C15H15N5O. The van der Waals surface area contributed by atoms with Gasteiger partial charge in [-0.1, -0.05) is 12.1 Å². The summed E-state index contributed by atoms with van der Waals surface area (Å²) in [5, 5.41) is 4.29. The first-order chi connectivity index (χ1) is 10.3. The van der Waals surface area contributed by atoms with E-state index in [0.29, 0.717) is 18.4 Å². The van der Waals surface area contributed by atoms with E-state index < -0.39 is 0 Å². The Morgan fingerprint density at radius 3 is 2.95 bits per heavy atom. The largest absolute Gasteiger partial charge is 0.478 e. The fraction of sp³-hybridized carbons (Fsp3) is 0.133. The van der Waals surface area contributed by atoms with Crippen LogP contribution in [0.1, 0.15) is 6.92 Å². The van der Waals surface area contributed by atoms with Gasteiger partial charge < -0.3 is 10.5 Å². The van der Waals surface area contributed by atoms with Crippen LogP contribution in [0.3, 0.4) is 0 Å². The van der Waals surface area contributed by atoms with E-state index in [9.17, 15) is 0 Å². The number of hydrogen-bond acceptors (Lipinski definition) is 5. The molecule has 2 heterocycles. The van der Waals surface area contributed by atoms with Crippen molar-refractivity contribution in [1.82, 2.24) is 19.7 Å². The number of nitrogens with two attached hydrogens (primary N) is 1. The van der Waals surface area contributed by atoms with Gasteiger partial charge in [0.1, 0.15) is 0 Å². The minimum Gasteiger partial charge on any atom is -0.478 e. The van der Waals surface area contributed by atoms with Crippen molar-refractivity contribution in [3.63, 3.8) is 0 Å². The van der Waals surface area contributed by atoms with Crippen LogP contribution < -0.4 is 10.5 Å². The smallest absolute Gasteiger partial charge is 0.253 e. The lowest BCUT2D eigenvalue weighted by atomic mass is 10.1. The summed E-state index contributed by atoms with van der Waals surface area (Å²) in [7, 11) is 0. The Hall–Kier alpha value is -2.89. The lowest BCUT2D eigenvalue weighted by molar-refractivity contribution is 0.325. The number of rotatable bonds is 4. The summed E-state index contributed by atoms with van der Waals surface area (Å²) in [5.41, 5.74) is 8.47. The van der Waals surface area contributed by atoms with Crippen LogP contribution in [0.4, 0.5) is 5.69 Å². The summed E-state index contributed by atoms with van der Waals surface area (Å²) >= 11 is 0. The Labute approximate surface area is 122 Å². The summed E-state index contributed by atoms with van der Waals surface area (Å²) in [4.78, 5) is 8.50. The maximum absolute atomic E-state index is 5.80. The van der Waals surface area contributed by atoms with E-state index in [4.69, 9.17) is 10.5 Å². The molecule has 1 aromatic carbocycles. The van der Waals surface area contributed by atoms with Crippen LogP contribution in [0.15, 0.2) is 48.9 Å². The zero-order valence-corrected chi connectivity index (χ0v) is 11.6. The highest BCUT2D eigenvalue weighted by Crippen LogP contribution is 2.21. The maximum atomic E-state index is 5.80. The molecule has 106 valence electrons. The fourth-order valence-electron chi connectivity index (χ4n) is 1.97. The molecule has 3 rings (SSSR count). The standard InChI is InChI=1S/C15H15N5O/c1-2-21-14-6-7-17-15(19-14)20-10-12(9-18-20)11-4-3-5-13(16)8-11/h3-10H,2,16H2,1H3. The highest BCUT2D eigenvalue weighted by molar-refractivity contribution is 5.66. The molecule has 6 nitrogen and oxygen atoms in total. The second kappa shape index (κ2) is 5.62. The summed E-state index contributed by atoms with van der Waals surface area (Å²) in [6, 6.07) is 9.36. The summed E-state index contributed by atoms with van der Waals surface area (Å²) in [6.07, 6.45) is 5.26. The third-order valence-corrected chi connectivity index (χ3v) is 2.92. The average molecular weight is 281 g/mol. The van der Waals surface area contributed by atoms with Gasteiger partial charge in [-0.2, -0.15) is 10.1 Å². The van der Waals surface area contributed by atoms with Crippen molar-refractivity contribution in [2.24, 2.45) is 0 Å². The number of nitrogens with zero attached hydrogens (tertiary/aromatic N) is 4. The summed E-state index contributed by atoms with van der Waals surface area (Å²) < 4.78 is 6.98. The van der Waals surface area contributed by atoms with E-state index in [0.717, 1.165) is 16.8 Å². The van der Waals surface area contributed by atoms with Gasteiger partial charge in [-0.15, -0.1) is 0 Å². The molecule has 0 aliphatic rings. The van der Waals surface area contributed by atoms with Crippen molar-refractivity contribution < 1.29 is 4.74 Å². The zero-order valence-electron chi connectivity index (χ0n) is 11.6. The highest BCUT2D eigenvalue weighted by atomic mass is 16.5. The topological polar surface area (TPSA) is 78.9 Å². The highest BCUT2D eigenvalue weighted by Gasteiger charge is 2.07. The third-order valence-electron chi connectivity index (χ3n) is 2.92. The van der Waals surface area contributed by atoms with Gasteiger partial charge in [0.05, 0.1) is 12.8 Å². The van der Waals surface area contributed by atoms with E-state index in [2.05, 4.69) is 15.1 Å². The van der Waals surface area contributed by atoms with Crippen molar-refractivity contribution in [3.05, 3.63) is 48.9 Å². The van der Waals surface area contributed by atoms with Crippen LogP contribution in [-0.2, 0) is 0 Å². The first kappa shape index (κ1) is 13.1. The Kier molecular flexibility index (Phi) is 3.51. The van der Waals surface area contributed by atoms with Gasteiger partial charge in [-0.05, 0) is 24.6 Å². The quantitative estimate of drug-likeness (QED) is 0.742. The Bertz CT molecular complexity index is 753. The van der Waals surface area contributed by atoms with Crippen LogP contribution in [0, 0.1) is 0 Å². The lowest BCUT2D eigenvalue weighted by Crippen LogP contribution is -2.03. The van der Waals surface area contributed by atoms with Crippen molar-refractivity contribution in [3.8, 4) is 23.0 Å². The second-order valence-electron chi connectivity index (χ2n) is 4.43. The normalized spacial score (nSPS) is 10.5. The summed E-state index contributed by atoms with van der Waals surface area (Å²) in [6.45, 7) is 2.47. The molecule has 0 bridgehead atoms. The van der Waals surface area contributed by atoms with Crippen LogP contribution in [0.2, 0.25) is 0 Å². The number of benzene rings is 1. The molecule has 0 unspecified atom stereocenters. The first-order valence-corrected chi connectivity index (χ1v) is 6.63. The number of hydrogen-bond donors (Lipinski definition) is 1. The molecule has 0 amide bonds. The van der Waals surface area contributed by atoms with Gasteiger partial charge in [-0.3, -0.25) is 0 Å². The van der Waals surface area contributed by atoms with Gasteiger partial charge in [0, 0.05) is 29.7 Å². The van der Waals surface area contributed by atoms with Gasteiger partial charge >= 0.3 is 0 Å². The Balaban J connectivity index is 1.93. The van der Waals surface area contributed by atoms with Crippen LogP contribution in [-0.4, -0.2) is 26.4 Å². The Morgan fingerprint density at radius 1 is 1.24 bits per heavy atom. The molecule has 2 N–H and O–H groups in total. The first-order valence-electron chi connectivity index (χ1n) is 6.63. The van der Waals surface area contributed by atoms with Crippen molar-refractivity contribution in [1.29, 1.82) is 0 Å². The minimum atomic E-state index is 0.469. The zero-order chi connectivity index (χ0) is 14.7. The number of aromatic nitrogens is 4. The van der Waals surface area contributed by atoms with Crippen LogP contribution in [0.5, 0.6) is 5.88 Å². The maximum Gasteiger partial charge on any atom is 0.253 e. The van der Waals surface area contributed by atoms with E-state index in [1.807, 2.05) is 37.4 Å². The molecule has 3 aromatic rings. The molecular weight excluding hydrogens is 266 g/mol. The molecule has 0 fully saturated rings. The fourth-order valence-corrected chi connectivity index (χ4v) is 1.97. The Morgan fingerprint density at radius 2 is 2.14 bits per heavy atom. The summed E-state index contributed by atoms with van der Waals surface area (Å²) in [5.74, 6) is 1.000. The molecule has 0 radical (unpaired) electrons. The van der Waals surface area contributed by atoms with Gasteiger partial charge in [0.25, 0.3) is 5.95 Å². The van der Waals surface area contributed by atoms with Gasteiger partial charge in [0.2, 0.25) is 5.88 Å². The number of ether oxygens (including phenoxy) is 1. The van der Waals surface area contributed by atoms with Gasteiger partial charge in [-0.25, -0.2) is 9.67 Å².